The molecule has 1 N–H and O–H groups in total. The van der Waals surface area contributed by atoms with Crippen LogP contribution in [0.4, 0.5) is 5.69 Å². The van der Waals surface area contributed by atoms with Gasteiger partial charge < -0.3 is 24.4 Å². The van der Waals surface area contributed by atoms with E-state index in [-0.39, 0.29) is 39.3 Å². The molecule has 0 spiro atoms. The molecule has 0 saturated heterocycles. The minimum atomic E-state index is -4.41. The van der Waals surface area contributed by atoms with Crippen LogP contribution in [0.1, 0.15) is 18.1 Å². The largest absolute Gasteiger partial charge is 0.494 e. The number of carbonyl (C=O) groups excluding carboxylic acids is 2. The van der Waals surface area contributed by atoms with Gasteiger partial charge in [-0.3, -0.25) is 13.9 Å². The third-order valence-corrected chi connectivity index (χ3v) is 10.0. The predicted octanol–water partition coefficient (Wildman–Crippen LogP) is 5.99. The molecule has 0 fully saturated rings. The fraction of sp³-hybridized carbons (Fsp3) is 0.257. The van der Waals surface area contributed by atoms with E-state index in [0.29, 0.717) is 23.7 Å². The number of hydrogen-bond donors (Lipinski definition) is 1. The number of amides is 2. The fourth-order valence-corrected chi connectivity index (χ4v) is 7.03. The topological polar surface area (TPSA) is 114 Å². The van der Waals surface area contributed by atoms with Gasteiger partial charge in [-0.15, -0.1) is 0 Å². The minimum absolute atomic E-state index is 0.139. The lowest BCUT2D eigenvalue weighted by molar-refractivity contribution is -0.139. The number of methoxy groups -OCH3 is 2. The predicted molar refractivity (Wildman–Crippen MR) is 187 cm³/mol. The highest BCUT2D eigenvalue weighted by molar-refractivity contribution is 7.92. The number of benzene rings is 4. The molecule has 2 amide bonds. The Bertz CT molecular complexity index is 1800. The van der Waals surface area contributed by atoms with Crippen LogP contribution in [-0.4, -0.2) is 65.6 Å². The van der Waals surface area contributed by atoms with Crippen LogP contribution in [0, 0.1) is 0 Å². The van der Waals surface area contributed by atoms with Crippen LogP contribution < -0.4 is 23.8 Å². The van der Waals surface area contributed by atoms with Crippen LogP contribution in [0.15, 0.2) is 95.9 Å². The molecule has 0 heterocycles. The monoisotopic (exact) mass is 713 g/mol. The molecule has 0 aliphatic rings. The third-order valence-electron chi connectivity index (χ3n) is 7.57. The van der Waals surface area contributed by atoms with E-state index < -0.39 is 34.4 Å². The maximum absolute atomic E-state index is 14.6. The summed E-state index contributed by atoms with van der Waals surface area (Å²) >= 11 is 13.1. The molecule has 1 atom stereocenters. The van der Waals surface area contributed by atoms with Gasteiger partial charge in [-0.1, -0.05) is 59.6 Å². The summed E-state index contributed by atoms with van der Waals surface area (Å²) in [4.78, 5) is 29.2. The molecule has 0 aromatic heterocycles. The van der Waals surface area contributed by atoms with E-state index in [0.717, 1.165) is 9.87 Å². The molecule has 0 aliphatic carbocycles. The van der Waals surface area contributed by atoms with E-state index >= 15 is 0 Å². The molecule has 4 aromatic rings. The Morgan fingerprint density at radius 1 is 0.854 bits per heavy atom. The van der Waals surface area contributed by atoms with Crippen LogP contribution in [0.5, 0.6) is 17.2 Å². The van der Waals surface area contributed by atoms with Crippen LogP contribution in [0.2, 0.25) is 10.0 Å². The molecule has 10 nitrogen and oxygen atoms in total. The van der Waals surface area contributed by atoms with Gasteiger partial charge in [0.2, 0.25) is 11.8 Å². The van der Waals surface area contributed by atoms with Crippen LogP contribution in [-0.2, 0) is 32.6 Å². The summed E-state index contributed by atoms with van der Waals surface area (Å²) < 4.78 is 46.0. The second-order valence-corrected chi connectivity index (χ2v) is 13.2. The lowest BCUT2D eigenvalue weighted by Crippen LogP contribution is -2.53. The van der Waals surface area contributed by atoms with Crippen molar-refractivity contribution in [3.05, 3.63) is 112 Å². The van der Waals surface area contributed by atoms with E-state index in [2.05, 4.69) is 5.32 Å². The SMILES string of the molecule is CCOc1ccc(N(CC(=O)N(Cc2c(Cl)cccc2Cl)[C@@H](Cc2ccccc2)C(=O)NC)S(=O)(=O)c2ccc(OC)c(OC)c2)cc1. The summed E-state index contributed by atoms with van der Waals surface area (Å²) in [5.41, 5.74) is 1.39. The molecule has 4 rings (SSSR count). The van der Waals surface area contributed by atoms with Gasteiger partial charge in [-0.25, -0.2) is 8.42 Å². The summed E-state index contributed by atoms with van der Waals surface area (Å²) in [7, 11) is -0.103. The van der Waals surface area contributed by atoms with Crippen LogP contribution >= 0.6 is 23.2 Å². The smallest absolute Gasteiger partial charge is 0.264 e. The van der Waals surface area contributed by atoms with E-state index in [9.17, 15) is 18.0 Å². The Morgan fingerprint density at radius 3 is 2.08 bits per heavy atom. The molecule has 48 heavy (non-hydrogen) atoms. The number of nitrogens with zero attached hydrogens (tertiary/aromatic N) is 2. The maximum Gasteiger partial charge on any atom is 0.264 e. The van der Waals surface area contributed by atoms with Crippen molar-refractivity contribution in [3.63, 3.8) is 0 Å². The van der Waals surface area contributed by atoms with Gasteiger partial charge in [0.05, 0.1) is 31.4 Å². The van der Waals surface area contributed by atoms with Gasteiger partial charge in [-0.05, 0) is 61.0 Å². The molecule has 13 heteroatoms. The number of carbonyl (C=O) groups is 2. The van der Waals surface area contributed by atoms with Gasteiger partial charge in [-0.2, -0.15) is 0 Å². The molecular formula is C35H37Cl2N3O7S. The Kier molecular flexibility index (Phi) is 12.6. The first-order chi connectivity index (χ1) is 23.0. The number of hydrogen-bond acceptors (Lipinski definition) is 7. The zero-order valence-electron chi connectivity index (χ0n) is 27.0. The lowest BCUT2D eigenvalue weighted by atomic mass is 10.0. The summed E-state index contributed by atoms with van der Waals surface area (Å²) in [5, 5.41) is 3.23. The van der Waals surface area contributed by atoms with Crippen molar-refractivity contribution in [1.29, 1.82) is 0 Å². The molecule has 0 unspecified atom stereocenters. The molecule has 4 aromatic carbocycles. The van der Waals surface area contributed by atoms with E-state index in [1.165, 1.54) is 44.4 Å². The van der Waals surface area contributed by atoms with Crippen molar-refractivity contribution < 1.29 is 32.2 Å². The Hall–Kier alpha value is -4.45. The second kappa shape index (κ2) is 16.6. The standard InChI is InChI=1S/C35H37Cl2N3O7S/c1-5-47-26-16-14-25(15-17-26)40(48(43,44)27-18-19-32(45-3)33(21-27)46-4)23-34(41)39(22-28-29(36)12-9-13-30(28)37)31(35(42)38-2)20-24-10-7-6-8-11-24/h6-19,21,31H,5,20,22-23H2,1-4H3,(H,38,42)/t31-/m0/s1. The molecule has 0 radical (unpaired) electrons. The molecule has 0 bridgehead atoms. The Labute approximate surface area is 291 Å². The summed E-state index contributed by atoms with van der Waals surface area (Å²) in [5.74, 6) is -0.0842. The van der Waals surface area contributed by atoms with Gasteiger partial charge in [0, 0.05) is 41.7 Å². The number of likely N-dealkylation sites (N-methyl/N-ethyl adjacent to an activating group) is 1. The highest BCUT2D eigenvalue weighted by atomic mass is 35.5. The van der Waals surface area contributed by atoms with Crippen molar-refractivity contribution in [2.45, 2.75) is 30.8 Å². The number of anilines is 1. The number of rotatable bonds is 15. The van der Waals surface area contributed by atoms with Gasteiger partial charge in [0.15, 0.2) is 11.5 Å². The molecule has 0 saturated carbocycles. The quantitative estimate of drug-likeness (QED) is 0.161. The van der Waals surface area contributed by atoms with Crippen molar-refractivity contribution in [1.82, 2.24) is 10.2 Å². The summed E-state index contributed by atoms with van der Waals surface area (Å²) in [6, 6.07) is 23.6. The number of sulfonamides is 1. The fourth-order valence-electron chi connectivity index (χ4n) is 5.08. The van der Waals surface area contributed by atoms with Crippen molar-refractivity contribution in [2.75, 3.05) is 38.7 Å². The number of ether oxygens (including phenoxy) is 3. The van der Waals surface area contributed by atoms with Crippen LogP contribution in [0.25, 0.3) is 0 Å². The number of halogens is 2. The Morgan fingerprint density at radius 2 is 1.50 bits per heavy atom. The van der Waals surface area contributed by atoms with Crippen LogP contribution in [0.3, 0.4) is 0 Å². The molecular weight excluding hydrogens is 677 g/mol. The first kappa shape index (κ1) is 36.4. The lowest BCUT2D eigenvalue weighted by Gasteiger charge is -2.34. The minimum Gasteiger partial charge on any atom is -0.494 e. The molecule has 254 valence electrons. The van der Waals surface area contributed by atoms with Crippen molar-refractivity contribution in [3.8, 4) is 17.2 Å². The zero-order chi connectivity index (χ0) is 34.8. The first-order valence-electron chi connectivity index (χ1n) is 15.0. The van der Waals surface area contributed by atoms with Crippen molar-refractivity contribution >= 4 is 50.7 Å². The highest BCUT2D eigenvalue weighted by Gasteiger charge is 2.35. The number of nitrogens with one attached hydrogen (secondary N) is 1. The maximum atomic E-state index is 14.6. The average molecular weight is 715 g/mol. The normalized spacial score (nSPS) is 11.7. The van der Waals surface area contributed by atoms with Gasteiger partial charge in [0.25, 0.3) is 10.0 Å². The Balaban J connectivity index is 1.84. The highest BCUT2D eigenvalue weighted by Crippen LogP contribution is 2.33. The molecule has 0 aliphatic heterocycles. The van der Waals surface area contributed by atoms with E-state index in [1.807, 2.05) is 37.3 Å². The van der Waals surface area contributed by atoms with Crippen molar-refractivity contribution in [2.24, 2.45) is 0 Å². The van der Waals surface area contributed by atoms with Gasteiger partial charge in [0.1, 0.15) is 18.3 Å². The van der Waals surface area contributed by atoms with Gasteiger partial charge >= 0.3 is 0 Å². The first-order valence-corrected chi connectivity index (χ1v) is 17.2. The zero-order valence-corrected chi connectivity index (χ0v) is 29.3. The second-order valence-electron chi connectivity index (χ2n) is 10.5. The summed E-state index contributed by atoms with van der Waals surface area (Å²) in [6.45, 7) is 1.40. The third kappa shape index (κ3) is 8.52. The van der Waals surface area contributed by atoms with E-state index in [4.69, 9.17) is 37.4 Å². The van der Waals surface area contributed by atoms with E-state index in [1.54, 1.807) is 42.5 Å². The summed E-state index contributed by atoms with van der Waals surface area (Å²) in [6.07, 6.45) is 0.139. The average Bonchev–Trinajstić information content (AvgIpc) is 3.10.